The van der Waals surface area contributed by atoms with Crippen molar-refractivity contribution in [1.82, 2.24) is 0 Å². The fraction of sp³-hybridized carbons (Fsp3) is 0. The predicted molar refractivity (Wildman–Crippen MR) is 95.2 cm³/mol. The van der Waals surface area contributed by atoms with Gasteiger partial charge in [-0.15, -0.1) is 11.3 Å². The number of thiophene rings is 1. The van der Waals surface area contributed by atoms with Gasteiger partial charge in [0.1, 0.15) is 0 Å². The quantitative estimate of drug-likeness (QED) is 0.431. The molecule has 0 fully saturated rings. The molecule has 3 rings (SSSR count). The molecule has 0 aliphatic rings. The Morgan fingerprint density at radius 2 is 1.14 bits per heavy atom. The topological polar surface area (TPSA) is 0 Å². The first kappa shape index (κ1) is 15.2. The highest BCUT2D eigenvalue weighted by Crippen LogP contribution is 2.36. The Labute approximate surface area is 146 Å². The lowest BCUT2D eigenvalue weighted by atomic mass is 10.1. The van der Waals surface area contributed by atoms with Gasteiger partial charge in [-0.05, 0) is 52.4 Å². The molecule has 2 aromatic carbocycles. The first-order valence-electron chi connectivity index (χ1n) is 6.04. The van der Waals surface area contributed by atoms with E-state index < -0.39 is 0 Å². The van der Waals surface area contributed by atoms with Crippen LogP contribution >= 0.6 is 57.7 Å². The van der Waals surface area contributed by atoms with Crippen molar-refractivity contribution in [3.05, 3.63) is 67.9 Å². The van der Waals surface area contributed by atoms with Gasteiger partial charge in [0.15, 0.2) is 0 Å². The Hall–Kier alpha value is -0.700. The number of benzene rings is 2. The monoisotopic (exact) mass is 372 g/mol. The molecular weight excluding hydrogens is 366 g/mol. The van der Waals surface area contributed by atoms with Gasteiger partial charge < -0.3 is 0 Å². The van der Waals surface area contributed by atoms with Crippen molar-refractivity contribution in [1.29, 1.82) is 0 Å². The van der Waals surface area contributed by atoms with Crippen LogP contribution in [0.15, 0.2) is 47.8 Å². The van der Waals surface area contributed by atoms with E-state index in [9.17, 15) is 0 Å². The first-order chi connectivity index (χ1) is 10.0. The smallest absolute Gasteiger partial charge is 0.0598 e. The van der Waals surface area contributed by atoms with Gasteiger partial charge in [-0.3, -0.25) is 0 Å². The van der Waals surface area contributed by atoms with Crippen LogP contribution in [0.5, 0.6) is 0 Å². The van der Waals surface area contributed by atoms with Crippen LogP contribution in [0.25, 0.3) is 21.6 Å². The van der Waals surface area contributed by atoms with Gasteiger partial charge >= 0.3 is 0 Å². The van der Waals surface area contributed by atoms with E-state index in [2.05, 4.69) is 11.4 Å². The largest absolute Gasteiger partial charge is 0.143 e. The molecule has 0 unspecified atom stereocenters. The predicted octanol–water partition coefficient (Wildman–Crippen LogP) is 7.70. The molecule has 1 aromatic heterocycles. The molecule has 21 heavy (non-hydrogen) atoms. The summed E-state index contributed by atoms with van der Waals surface area (Å²) in [4.78, 5) is 1.12. The number of halogens is 4. The van der Waals surface area contributed by atoms with Crippen LogP contribution in [0.3, 0.4) is 0 Å². The molecular formula is C16H8Cl4S. The molecule has 5 heteroatoms. The maximum Gasteiger partial charge on any atom is 0.0598 e. The van der Waals surface area contributed by atoms with Crippen molar-refractivity contribution < 1.29 is 0 Å². The average molecular weight is 374 g/mol. The summed E-state index contributed by atoms with van der Waals surface area (Å²) in [5.41, 5.74) is 3.17. The summed E-state index contributed by atoms with van der Waals surface area (Å²) in [5, 5.41) is 4.30. The van der Waals surface area contributed by atoms with E-state index in [0.29, 0.717) is 20.1 Å². The molecule has 0 N–H and O–H groups in total. The number of hydrogen-bond donors (Lipinski definition) is 0. The minimum Gasteiger partial charge on any atom is -0.143 e. The van der Waals surface area contributed by atoms with Crippen LogP contribution in [-0.4, -0.2) is 0 Å². The fourth-order valence-electron chi connectivity index (χ4n) is 1.96. The first-order valence-corrected chi connectivity index (χ1v) is 8.43. The average Bonchev–Trinajstić information content (AvgIpc) is 2.94. The molecule has 0 bridgehead atoms. The maximum atomic E-state index is 6.07. The molecule has 3 aromatic rings. The van der Waals surface area contributed by atoms with Crippen LogP contribution in [0.2, 0.25) is 20.1 Å². The van der Waals surface area contributed by atoms with Crippen molar-refractivity contribution in [3.63, 3.8) is 0 Å². The van der Waals surface area contributed by atoms with Crippen molar-refractivity contribution in [2.24, 2.45) is 0 Å². The Morgan fingerprint density at radius 3 is 1.76 bits per heavy atom. The molecule has 0 nitrogen and oxygen atoms in total. The Morgan fingerprint density at radius 1 is 0.571 bits per heavy atom. The lowest BCUT2D eigenvalue weighted by Crippen LogP contribution is -1.76. The highest BCUT2D eigenvalue weighted by molar-refractivity contribution is 7.14. The summed E-state index contributed by atoms with van der Waals surface area (Å²) in [6.07, 6.45) is 0. The molecule has 1 heterocycles. The molecule has 0 saturated heterocycles. The van der Waals surface area contributed by atoms with E-state index in [0.717, 1.165) is 21.6 Å². The second-order valence-corrected chi connectivity index (χ2v) is 7.00. The fourth-order valence-corrected chi connectivity index (χ4v) is 3.48. The maximum absolute atomic E-state index is 6.07. The van der Waals surface area contributed by atoms with Crippen LogP contribution in [0.1, 0.15) is 0 Å². The summed E-state index contributed by atoms with van der Waals surface area (Å²) in [6.45, 7) is 0. The van der Waals surface area contributed by atoms with Crippen LogP contribution in [0.4, 0.5) is 0 Å². The standard InChI is InChI=1S/C16H8Cl4S/c17-12-3-1-9(5-14(12)19)11-7-16(21-8-11)10-2-4-13(18)15(20)6-10/h1-8H. The highest BCUT2D eigenvalue weighted by atomic mass is 35.5. The molecule has 0 spiro atoms. The van der Waals surface area contributed by atoms with Crippen molar-refractivity contribution in [3.8, 4) is 21.6 Å². The van der Waals surface area contributed by atoms with Gasteiger partial charge in [-0.2, -0.15) is 0 Å². The van der Waals surface area contributed by atoms with Crippen LogP contribution in [-0.2, 0) is 0 Å². The molecule has 0 aliphatic heterocycles. The Balaban J connectivity index is 1.99. The SMILES string of the molecule is Clc1ccc(-c2csc(-c3ccc(Cl)c(Cl)c3)c2)cc1Cl. The van der Waals surface area contributed by atoms with Gasteiger partial charge in [0.05, 0.1) is 20.1 Å². The molecule has 0 aliphatic carbocycles. The van der Waals surface area contributed by atoms with E-state index >= 15 is 0 Å². The number of rotatable bonds is 2. The molecule has 0 amide bonds. The molecule has 106 valence electrons. The zero-order valence-corrected chi connectivity index (χ0v) is 14.4. The van der Waals surface area contributed by atoms with Gasteiger partial charge in [0, 0.05) is 4.88 Å². The van der Waals surface area contributed by atoms with Gasteiger partial charge in [0.25, 0.3) is 0 Å². The highest BCUT2D eigenvalue weighted by Gasteiger charge is 2.08. The second kappa shape index (κ2) is 6.20. The lowest BCUT2D eigenvalue weighted by molar-refractivity contribution is 1.66. The van der Waals surface area contributed by atoms with Gasteiger partial charge in [0.2, 0.25) is 0 Å². The summed E-state index contributed by atoms with van der Waals surface area (Å²) in [5.74, 6) is 0. The summed E-state index contributed by atoms with van der Waals surface area (Å²) >= 11 is 25.7. The molecule has 0 saturated carbocycles. The molecule has 0 radical (unpaired) electrons. The van der Waals surface area contributed by atoms with Gasteiger partial charge in [-0.25, -0.2) is 0 Å². The van der Waals surface area contributed by atoms with E-state index in [-0.39, 0.29) is 0 Å². The van der Waals surface area contributed by atoms with E-state index in [1.807, 2.05) is 24.3 Å². The minimum absolute atomic E-state index is 0.552. The van der Waals surface area contributed by atoms with E-state index in [4.69, 9.17) is 46.4 Å². The Bertz CT molecular complexity index is 742. The summed E-state index contributed by atoms with van der Waals surface area (Å²) in [7, 11) is 0. The third kappa shape index (κ3) is 3.23. The normalized spacial score (nSPS) is 10.9. The zero-order valence-electron chi connectivity index (χ0n) is 10.5. The van der Waals surface area contributed by atoms with E-state index in [1.165, 1.54) is 0 Å². The van der Waals surface area contributed by atoms with Crippen molar-refractivity contribution in [2.45, 2.75) is 0 Å². The second-order valence-electron chi connectivity index (χ2n) is 4.46. The van der Waals surface area contributed by atoms with Crippen molar-refractivity contribution in [2.75, 3.05) is 0 Å². The van der Waals surface area contributed by atoms with Gasteiger partial charge in [-0.1, -0.05) is 58.5 Å². The third-order valence-corrected chi connectivity index (χ3v) is 5.51. The van der Waals surface area contributed by atoms with Crippen LogP contribution in [0, 0.1) is 0 Å². The third-order valence-electron chi connectivity index (χ3n) is 3.06. The number of hydrogen-bond acceptors (Lipinski definition) is 1. The summed E-state index contributed by atoms with van der Waals surface area (Å²) < 4.78 is 0. The Kier molecular flexibility index (Phi) is 4.49. The molecule has 0 atom stereocenters. The van der Waals surface area contributed by atoms with Crippen LogP contribution < -0.4 is 0 Å². The summed E-state index contributed by atoms with van der Waals surface area (Å²) in [6, 6.07) is 13.4. The minimum atomic E-state index is 0.552. The van der Waals surface area contributed by atoms with E-state index in [1.54, 1.807) is 23.5 Å². The zero-order chi connectivity index (χ0) is 15.0. The van der Waals surface area contributed by atoms with Crippen molar-refractivity contribution >= 4 is 57.7 Å². The lowest BCUT2D eigenvalue weighted by Gasteiger charge is -2.01.